The van der Waals surface area contributed by atoms with E-state index in [4.69, 9.17) is 14.2 Å². The van der Waals surface area contributed by atoms with Crippen LogP contribution in [0.3, 0.4) is 0 Å². The first kappa shape index (κ1) is 25.2. The summed E-state index contributed by atoms with van der Waals surface area (Å²) in [6, 6.07) is 10.5. The summed E-state index contributed by atoms with van der Waals surface area (Å²) in [6.07, 6.45) is -3.44. The second kappa shape index (κ2) is 9.96. The molecule has 0 amide bonds. The van der Waals surface area contributed by atoms with Crippen LogP contribution in [0, 0.1) is 5.82 Å². The summed E-state index contributed by atoms with van der Waals surface area (Å²) in [4.78, 5) is 11.7. The minimum Gasteiger partial charge on any atom is -0.494 e. The molecule has 36 heavy (non-hydrogen) atoms. The summed E-state index contributed by atoms with van der Waals surface area (Å²) in [7, 11) is 0. The molecular formula is C26H23F4NO5. The number of aromatic hydroxyl groups is 1. The molecule has 4 rings (SSSR count). The molecule has 0 aliphatic rings. The van der Waals surface area contributed by atoms with Crippen LogP contribution in [0.15, 0.2) is 48.7 Å². The largest absolute Gasteiger partial charge is 0.494 e. The Balaban J connectivity index is 1.92. The number of aromatic nitrogens is 1. The van der Waals surface area contributed by atoms with Gasteiger partial charge in [-0.05, 0) is 31.5 Å². The highest BCUT2D eigenvalue weighted by Gasteiger charge is 2.31. The molecule has 0 aliphatic heterocycles. The molecule has 0 atom stereocenters. The number of halogens is 4. The Labute approximate surface area is 203 Å². The zero-order valence-electron chi connectivity index (χ0n) is 19.5. The number of ether oxygens (including phenoxy) is 3. The molecule has 0 saturated heterocycles. The molecule has 0 unspecified atom stereocenters. The highest BCUT2D eigenvalue weighted by molar-refractivity contribution is 6.13. The van der Waals surface area contributed by atoms with Gasteiger partial charge in [0.25, 0.3) is 0 Å². The van der Waals surface area contributed by atoms with Gasteiger partial charge in [-0.15, -0.1) is 0 Å². The molecule has 0 radical (unpaired) electrons. The molecule has 0 saturated carbocycles. The number of benzene rings is 3. The SMILES string of the molecule is CCOC(=O)Cc1ccc(-n2cc3c(OCC(F)(F)F)c4ccccc4c(OCC)c3c2O)c(F)c1. The van der Waals surface area contributed by atoms with Gasteiger partial charge in [0.05, 0.1) is 36.1 Å². The third kappa shape index (κ3) is 4.89. The Bertz CT molecular complexity index is 1430. The molecule has 0 fully saturated rings. The first-order valence-electron chi connectivity index (χ1n) is 11.2. The van der Waals surface area contributed by atoms with Crippen molar-refractivity contribution < 1.29 is 41.7 Å². The number of fused-ring (bicyclic) bond motifs is 2. The van der Waals surface area contributed by atoms with Crippen LogP contribution in [-0.4, -0.2) is 41.6 Å². The molecule has 0 aliphatic carbocycles. The van der Waals surface area contributed by atoms with Crippen LogP contribution < -0.4 is 9.47 Å². The standard InChI is InChI=1S/C26H23F4NO5/c1-3-34-21(32)12-15-9-10-20(19(27)11-15)31-13-18-22(25(31)33)24(35-4-2)17-8-6-5-7-16(17)23(18)36-14-26(28,29)30/h5-11,13,33H,3-4,12,14H2,1-2H3. The predicted molar refractivity (Wildman–Crippen MR) is 125 cm³/mol. The van der Waals surface area contributed by atoms with Crippen molar-refractivity contribution in [1.29, 1.82) is 0 Å². The fourth-order valence-electron chi connectivity index (χ4n) is 4.07. The molecule has 3 aromatic carbocycles. The van der Waals surface area contributed by atoms with Crippen molar-refractivity contribution in [1.82, 2.24) is 4.57 Å². The zero-order chi connectivity index (χ0) is 26.0. The van der Waals surface area contributed by atoms with E-state index < -0.39 is 30.4 Å². The van der Waals surface area contributed by atoms with Gasteiger partial charge in [-0.25, -0.2) is 4.39 Å². The van der Waals surface area contributed by atoms with E-state index in [1.807, 2.05) is 0 Å². The summed E-state index contributed by atoms with van der Waals surface area (Å²) >= 11 is 0. The quantitative estimate of drug-likeness (QED) is 0.232. The highest BCUT2D eigenvalue weighted by Crippen LogP contribution is 2.48. The number of hydrogen-bond donors (Lipinski definition) is 1. The molecular weight excluding hydrogens is 482 g/mol. The van der Waals surface area contributed by atoms with E-state index in [0.717, 1.165) is 10.6 Å². The van der Waals surface area contributed by atoms with Gasteiger partial charge < -0.3 is 19.3 Å². The fourth-order valence-corrected chi connectivity index (χ4v) is 4.07. The number of hydrogen-bond acceptors (Lipinski definition) is 5. The maximum Gasteiger partial charge on any atom is 0.422 e. The molecule has 6 nitrogen and oxygen atoms in total. The summed E-state index contributed by atoms with van der Waals surface area (Å²) in [5, 5.41) is 12.1. The van der Waals surface area contributed by atoms with Gasteiger partial charge in [0.2, 0.25) is 5.88 Å². The second-order valence-electron chi connectivity index (χ2n) is 7.92. The van der Waals surface area contributed by atoms with Crippen molar-refractivity contribution in [3.05, 3.63) is 60.0 Å². The van der Waals surface area contributed by atoms with Crippen LogP contribution in [0.1, 0.15) is 19.4 Å². The summed E-state index contributed by atoms with van der Waals surface area (Å²) in [5.74, 6) is -1.59. The van der Waals surface area contributed by atoms with Crippen LogP contribution in [0.25, 0.3) is 27.2 Å². The van der Waals surface area contributed by atoms with Crippen molar-refractivity contribution >= 4 is 27.5 Å². The number of esters is 1. The van der Waals surface area contributed by atoms with Gasteiger partial charge in [0.15, 0.2) is 6.61 Å². The van der Waals surface area contributed by atoms with Crippen molar-refractivity contribution in [2.24, 2.45) is 0 Å². The first-order chi connectivity index (χ1) is 17.1. The van der Waals surface area contributed by atoms with Gasteiger partial charge in [0.1, 0.15) is 17.3 Å². The second-order valence-corrected chi connectivity index (χ2v) is 7.92. The Morgan fingerprint density at radius 1 is 0.972 bits per heavy atom. The lowest BCUT2D eigenvalue weighted by Crippen LogP contribution is -2.19. The lowest BCUT2D eigenvalue weighted by atomic mass is 10.0. The molecule has 190 valence electrons. The lowest BCUT2D eigenvalue weighted by molar-refractivity contribution is -0.153. The average Bonchev–Trinajstić information content (AvgIpc) is 3.15. The minimum atomic E-state index is -4.60. The predicted octanol–water partition coefficient (Wildman–Crippen LogP) is 6.07. The number of nitrogens with zero attached hydrogens (tertiary/aromatic N) is 1. The highest BCUT2D eigenvalue weighted by atomic mass is 19.4. The van der Waals surface area contributed by atoms with Crippen LogP contribution in [-0.2, 0) is 16.0 Å². The van der Waals surface area contributed by atoms with Gasteiger partial charge in [-0.2, -0.15) is 13.2 Å². The molecule has 1 aromatic heterocycles. The molecule has 0 spiro atoms. The van der Waals surface area contributed by atoms with E-state index in [0.29, 0.717) is 16.3 Å². The van der Waals surface area contributed by atoms with E-state index >= 15 is 4.39 Å². The maximum atomic E-state index is 15.1. The molecule has 1 N–H and O–H groups in total. The van der Waals surface area contributed by atoms with Gasteiger partial charge in [-0.3, -0.25) is 9.36 Å². The van der Waals surface area contributed by atoms with E-state index in [1.54, 1.807) is 38.1 Å². The van der Waals surface area contributed by atoms with Crippen molar-refractivity contribution in [3.63, 3.8) is 0 Å². The van der Waals surface area contributed by atoms with Gasteiger partial charge >= 0.3 is 12.1 Å². The fraction of sp³-hybridized carbons (Fsp3) is 0.269. The first-order valence-corrected chi connectivity index (χ1v) is 11.2. The van der Waals surface area contributed by atoms with Crippen LogP contribution in [0.5, 0.6) is 17.4 Å². The Hall–Kier alpha value is -3.95. The van der Waals surface area contributed by atoms with E-state index in [2.05, 4.69) is 0 Å². The van der Waals surface area contributed by atoms with Crippen LogP contribution in [0.2, 0.25) is 0 Å². The van der Waals surface area contributed by atoms with Crippen molar-refractivity contribution in [2.45, 2.75) is 26.4 Å². The molecule has 0 bridgehead atoms. The maximum absolute atomic E-state index is 15.1. The van der Waals surface area contributed by atoms with Gasteiger partial charge in [-0.1, -0.05) is 30.3 Å². The lowest BCUT2D eigenvalue weighted by Gasteiger charge is -2.16. The minimum absolute atomic E-state index is 0.0791. The summed E-state index contributed by atoms with van der Waals surface area (Å²) in [6.45, 7) is 2.24. The number of alkyl halides is 3. The smallest absolute Gasteiger partial charge is 0.422 e. The van der Waals surface area contributed by atoms with Crippen molar-refractivity contribution in [2.75, 3.05) is 19.8 Å². The van der Waals surface area contributed by atoms with Crippen LogP contribution in [0.4, 0.5) is 17.6 Å². The third-order valence-corrected chi connectivity index (χ3v) is 5.46. The normalized spacial score (nSPS) is 11.7. The zero-order valence-corrected chi connectivity index (χ0v) is 19.5. The van der Waals surface area contributed by atoms with Gasteiger partial charge in [0, 0.05) is 17.0 Å². The monoisotopic (exact) mass is 505 g/mol. The van der Waals surface area contributed by atoms with E-state index in [-0.39, 0.29) is 47.6 Å². The molecule has 4 aromatic rings. The van der Waals surface area contributed by atoms with E-state index in [9.17, 15) is 23.1 Å². The average molecular weight is 505 g/mol. The number of rotatable bonds is 8. The Morgan fingerprint density at radius 3 is 2.28 bits per heavy atom. The molecule has 1 heterocycles. The third-order valence-electron chi connectivity index (χ3n) is 5.46. The van der Waals surface area contributed by atoms with E-state index in [1.165, 1.54) is 18.3 Å². The Morgan fingerprint density at radius 2 is 1.67 bits per heavy atom. The summed E-state index contributed by atoms with van der Waals surface area (Å²) < 4.78 is 71.2. The number of carbonyl (C=O) groups excluding carboxylic acids is 1. The van der Waals surface area contributed by atoms with Crippen LogP contribution >= 0.6 is 0 Å². The van der Waals surface area contributed by atoms with Crippen molar-refractivity contribution in [3.8, 4) is 23.1 Å². The Kier molecular flexibility index (Phi) is 6.96. The number of carbonyl (C=O) groups is 1. The molecule has 10 heteroatoms. The summed E-state index contributed by atoms with van der Waals surface area (Å²) in [5.41, 5.74) is 0.283. The topological polar surface area (TPSA) is 69.9 Å².